The van der Waals surface area contributed by atoms with Gasteiger partial charge in [0.1, 0.15) is 0 Å². The van der Waals surface area contributed by atoms with Gasteiger partial charge in [0.2, 0.25) is 0 Å². The molecule has 0 fully saturated rings. The minimum absolute atomic E-state index is 0. The van der Waals surface area contributed by atoms with E-state index < -0.39 is 0 Å². The van der Waals surface area contributed by atoms with Crippen LogP contribution in [0.25, 0.3) is 21.9 Å². The van der Waals surface area contributed by atoms with Crippen molar-refractivity contribution in [3.8, 4) is 11.1 Å². The molecular weight excluding hydrogens is 431 g/mol. The van der Waals surface area contributed by atoms with E-state index in [2.05, 4.69) is 82.3 Å². The predicted molar refractivity (Wildman–Crippen MR) is 93.1 cm³/mol. The first-order valence-corrected chi connectivity index (χ1v) is 7.78. The van der Waals surface area contributed by atoms with Crippen molar-refractivity contribution in [2.24, 2.45) is 0 Å². The Morgan fingerprint density at radius 3 is 2.23 bits per heavy atom. The van der Waals surface area contributed by atoms with E-state index in [-0.39, 0.29) is 31.3 Å². The first-order chi connectivity index (χ1) is 9.99. The summed E-state index contributed by atoms with van der Waals surface area (Å²) in [6.07, 6.45) is 1.09. The molecule has 0 aliphatic rings. The fraction of sp³-hybridized carbons (Fsp3) is 0.286. The molecule has 0 atom stereocenters. The SMILES string of the molecule is CCc1cc2c(-c3ccc(C(C)(C)C)cc3)cccc2[cH-]1.[Hf]. The fourth-order valence-electron chi connectivity index (χ4n) is 2.90. The second-order valence-corrected chi connectivity index (χ2v) is 6.85. The van der Waals surface area contributed by atoms with E-state index in [1.165, 1.54) is 33.0 Å². The van der Waals surface area contributed by atoms with Crippen molar-refractivity contribution in [3.05, 3.63) is 65.7 Å². The van der Waals surface area contributed by atoms with E-state index >= 15 is 0 Å². The molecule has 0 amide bonds. The van der Waals surface area contributed by atoms with Crippen LogP contribution < -0.4 is 0 Å². The summed E-state index contributed by atoms with van der Waals surface area (Å²) < 4.78 is 0. The molecule has 0 nitrogen and oxygen atoms in total. The molecule has 0 bridgehead atoms. The Hall–Kier alpha value is -1.08. The molecule has 0 spiro atoms. The molecule has 0 aliphatic heterocycles. The summed E-state index contributed by atoms with van der Waals surface area (Å²) in [5, 5.41) is 2.72. The molecule has 0 heterocycles. The number of hydrogen-bond acceptors (Lipinski definition) is 0. The smallest absolute Gasteiger partial charge is 0 e. The third kappa shape index (κ3) is 3.30. The summed E-state index contributed by atoms with van der Waals surface area (Å²) in [6.45, 7) is 8.99. The average Bonchev–Trinajstić information content (AvgIpc) is 2.89. The van der Waals surface area contributed by atoms with Crippen LogP contribution in [0.1, 0.15) is 38.8 Å². The zero-order valence-electron chi connectivity index (χ0n) is 13.9. The summed E-state index contributed by atoms with van der Waals surface area (Å²) in [4.78, 5) is 0. The summed E-state index contributed by atoms with van der Waals surface area (Å²) >= 11 is 0. The molecule has 0 aliphatic carbocycles. The maximum Gasteiger partial charge on any atom is 0 e. The van der Waals surface area contributed by atoms with Crippen molar-refractivity contribution in [2.75, 3.05) is 0 Å². The summed E-state index contributed by atoms with van der Waals surface area (Å²) in [7, 11) is 0. The van der Waals surface area contributed by atoms with Crippen LogP contribution >= 0.6 is 0 Å². The molecule has 0 saturated carbocycles. The molecule has 0 N–H and O–H groups in total. The monoisotopic (exact) mass is 455 g/mol. The van der Waals surface area contributed by atoms with Gasteiger partial charge >= 0.3 is 0 Å². The predicted octanol–water partition coefficient (Wildman–Crippen LogP) is 6.08. The van der Waals surface area contributed by atoms with Crippen molar-refractivity contribution in [1.29, 1.82) is 0 Å². The Bertz CT molecular complexity index is 755. The zero-order chi connectivity index (χ0) is 15.0. The van der Waals surface area contributed by atoms with Crippen LogP contribution in [0.2, 0.25) is 0 Å². The van der Waals surface area contributed by atoms with Gasteiger partial charge in [-0.15, -0.1) is 34.5 Å². The molecule has 3 aromatic carbocycles. The van der Waals surface area contributed by atoms with Crippen molar-refractivity contribution in [1.82, 2.24) is 0 Å². The molecular formula is C21H23Hf-. The Morgan fingerprint density at radius 1 is 0.955 bits per heavy atom. The second-order valence-electron chi connectivity index (χ2n) is 6.85. The van der Waals surface area contributed by atoms with Crippen LogP contribution in [0, 0.1) is 0 Å². The van der Waals surface area contributed by atoms with E-state index in [0.29, 0.717) is 0 Å². The molecule has 3 aromatic rings. The topological polar surface area (TPSA) is 0 Å². The van der Waals surface area contributed by atoms with Crippen LogP contribution in [-0.2, 0) is 37.7 Å². The Morgan fingerprint density at radius 2 is 1.64 bits per heavy atom. The van der Waals surface area contributed by atoms with Gasteiger partial charge in [-0.05, 0) is 23.0 Å². The minimum Gasteiger partial charge on any atom is -0.164 e. The van der Waals surface area contributed by atoms with Crippen LogP contribution in [0.4, 0.5) is 0 Å². The van der Waals surface area contributed by atoms with Gasteiger partial charge in [0.15, 0.2) is 0 Å². The molecule has 22 heavy (non-hydrogen) atoms. The van der Waals surface area contributed by atoms with Crippen LogP contribution in [-0.4, -0.2) is 0 Å². The molecule has 0 aromatic heterocycles. The van der Waals surface area contributed by atoms with Crippen LogP contribution in [0.5, 0.6) is 0 Å². The summed E-state index contributed by atoms with van der Waals surface area (Å²) in [6, 6.07) is 20.3. The number of rotatable bonds is 2. The number of hydrogen-bond donors (Lipinski definition) is 0. The molecule has 112 valence electrons. The summed E-state index contributed by atoms with van der Waals surface area (Å²) in [5.41, 5.74) is 5.66. The van der Waals surface area contributed by atoms with E-state index in [9.17, 15) is 0 Å². The Kier molecular flexibility index (Phi) is 5.17. The van der Waals surface area contributed by atoms with Crippen molar-refractivity contribution < 1.29 is 25.8 Å². The average molecular weight is 454 g/mol. The molecule has 0 saturated heterocycles. The Balaban J connectivity index is 0.00000176. The largest absolute Gasteiger partial charge is 0.164 e. The second kappa shape index (κ2) is 6.58. The minimum atomic E-state index is 0. The maximum absolute atomic E-state index is 2.34. The van der Waals surface area contributed by atoms with Gasteiger partial charge in [0.05, 0.1) is 0 Å². The van der Waals surface area contributed by atoms with Gasteiger partial charge in [-0.25, -0.2) is 0 Å². The van der Waals surface area contributed by atoms with E-state index in [4.69, 9.17) is 0 Å². The van der Waals surface area contributed by atoms with E-state index in [0.717, 1.165) is 6.42 Å². The van der Waals surface area contributed by atoms with Crippen molar-refractivity contribution in [2.45, 2.75) is 39.5 Å². The molecule has 0 unspecified atom stereocenters. The van der Waals surface area contributed by atoms with Crippen LogP contribution in [0.3, 0.4) is 0 Å². The normalized spacial score (nSPS) is 11.5. The van der Waals surface area contributed by atoms with E-state index in [1.807, 2.05) is 0 Å². The molecule has 0 radical (unpaired) electrons. The number of benzene rings is 2. The van der Waals surface area contributed by atoms with Crippen molar-refractivity contribution in [3.63, 3.8) is 0 Å². The summed E-state index contributed by atoms with van der Waals surface area (Å²) in [5.74, 6) is 0. The fourth-order valence-corrected chi connectivity index (χ4v) is 2.90. The van der Waals surface area contributed by atoms with Gasteiger partial charge in [-0.3, -0.25) is 0 Å². The first kappa shape index (κ1) is 17.3. The molecule has 3 rings (SSSR count). The third-order valence-electron chi connectivity index (χ3n) is 4.28. The maximum atomic E-state index is 2.34. The number of aryl methyl sites for hydroxylation is 1. The quantitative estimate of drug-likeness (QED) is 0.326. The van der Waals surface area contributed by atoms with Gasteiger partial charge < -0.3 is 0 Å². The first-order valence-electron chi connectivity index (χ1n) is 7.78. The zero-order valence-corrected chi connectivity index (χ0v) is 17.5. The van der Waals surface area contributed by atoms with Gasteiger partial charge in [-0.2, -0.15) is 6.07 Å². The van der Waals surface area contributed by atoms with Gasteiger partial charge in [-0.1, -0.05) is 63.6 Å². The van der Waals surface area contributed by atoms with Crippen LogP contribution in [0.15, 0.2) is 54.6 Å². The molecule has 1 heteroatoms. The number of fused-ring (bicyclic) bond motifs is 1. The van der Waals surface area contributed by atoms with Gasteiger partial charge in [0.25, 0.3) is 0 Å². The third-order valence-corrected chi connectivity index (χ3v) is 4.28. The van der Waals surface area contributed by atoms with Gasteiger partial charge in [0, 0.05) is 25.8 Å². The van der Waals surface area contributed by atoms with E-state index in [1.54, 1.807) is 0 Å². The Labute approximate surface area is 152 Å². The van der Waals surface area contributed by atoms with Crippen molar-refractivity contribution >= 4 is 10.8 Å². The standard InChI is InChI=1S/C21H23.Hf/c1-5-15-13-17-7-6-8-19(20(17)14-15)16-9-11-18(12-10-16)21(2,3)4;/h6-14H,5H2,1-4H3;/q-1;.